The van der Waals surface area contributed by atoms with Crippen molar-refractivity contribution in [2.24, 2.45) is 5.73 Å². The van der Waals surface area contributed by atoms with E-state index in [0.717, 1.165) is 0 Å². The van der Waals surface area contributed by atoms with E-state index in [2.05, 4.69) is 15.5 Å². The Labute approximate surface area is 207 Å². The predicted molar refractivity (Wildman–Crippen MR) is 128 cm³/mol. The number of nitrogens with zero attached hydrogens (tertiary/aromatic N) is 4. The van der Waals surface area contributed by atoms with Gasteiger partial charge in [0.1, 0.15) is 12.0 Å². The number of carbonyl (C=O) groups excluding carboxylic acids is 2. The molecule has 0 unspecified atom stereocenters. The maximum absolute atomic E-state index is 13.2. The lowest BCUT2D eigenvalue weighted by Gasteiger charge is -2.15. The molecule has 0 spiro atoms. The van der Waals surface area contributed by atoms with E-state index in [1.165, 1.54) is 10.8 Å². The fraction of sp³-hybridized carbons (Fsp3) is 0.130. The molecule has 0 fully saturated rings. The van der Waals surface area contributed by atoms with Gasteiger partial charge in [0, 0.05) is 16.8 Å². The lowest BCUT2D eigenvalue weighted by atomic mass is 10.2. The number of hydrogen-bond donors (Lipinski definition) is 2. The molecule has 1 amide bonds. The number of carbonyl (C=O) groups is 2. The fourth-order valence-corrected chi connectivity index (χ4v) is 3.34. The first kappa shape index (κ1) is 24.4. The molecule has 0 saturated heterocycles. The van der Waals surface area contributed by atoms with E-state index in [1.807, 2.05) is 0 Å². The van der Waals surface area contributed by atoms with Gasteiger partial charge in [0.05, 0.1) is 19.5 Å². The van der Waals surface area contributed by atoms with Gasteiger partial charge in [-0.1, -0.05) is 23.7 Å². The van der Waals surface area contributed by atoms with E-state index in [9.17, 15) is 19.2 Å². The summed E-state index contributed by atoms with van der Waals surface area (Å²) in [4.78, 5) is 53.0. The highest BCUT2D eigenvalue weighted by Gasteiger charge is 2.17. The molecule has 13 heteroatoms. The van der Waals surface area contributed by atoms with E-state index in [-0.39, 0.29) is 18.4 Å². The Kier molecular flexibility index (Phi) is 7.25. The lowest BCUT2D eigenvalue weighted by molar-refractivity contribution is -0.126. The Morgan fingerprint density at radius 3 is 2.39 bits per heavy atom. The van der Waals surface area contributed by atoms with Crippen LogP contribution in [-0.4, -0.2) is 31.0 Å². The summed E-state index contributed by atoms with van der Waals surface area (Å²) in [5, 5.41) is 7.13. The van der Waals surface area contributed by atoms with Crippen LogP contribution in [0.3, 0.4) is 0 Å². The maximum Gasteiger partial charge on any atom is 0.355 e. The molecule has 4 aromatic rings. The molecule has 4 rings (SSSR count). The highest BCUT2D eigenvalue weighted by molar-refractivity contribution is 6.30. The second kappa shape index (κ2) is 10.7. The normalized spacial score (nSPS) is 10.7. The first-order valence-corrected chi connectivity index (χ1v) is 10.9. The van der Waals surface area contributed by atoms with Crippen LogP contribution < -0.4 is 27.2 Å². The monoisotopic (exact) mass is 510 g/mol. The molecule has 0 aliphatic heterocycles. The van der Waals surface area contributed by atoms with Crippen molar-refractivity contribution >= 4 is 34.9 Å². The smallest absolute Gasteiger partial charge is 0.355 e. The van der Waals surface area contributed by atoms with Crippen molar-refractivity contribution in [2.75, 3.05) is 5.32 Å². The Morgan fingerprint density at radius 1 is 1.03 bits per heavy atom. The minimum atomic E-state index is -0.960. The van der Waals surface area contributed by atoms with Crippen molar-refractivity contribution in [1.82, 2.24) is 19.3 Å². The number of nitrogens with one attached hydrogen (secondary N) is 1. The highest BCUT2D eigenvalue weighted by atomic mass is 35.5. The number of Topliss-reactive ketones (excluding diaryl/α,β-unsaturated/α-hetero) is 1. The summed E-state index contributed by atoms with van der Waals surface area (Å²) in [5.41, 5.74) is 4.48. The highest BCUT2D eigenvalue weighted by Crippen LogP contribution is 2.23. The molecule has 0 atom stereocenters. The molecule has 0 saturated carbocycles. The van der Waals surface area contributed by atoms with Gasteiger partial charge in [-0.2, -0.15) is 4.98 Å². The molecule has 0 aliphatic rings. The van der Waals surface area contributed by atoms with Crippen LogP contribution in [0.4, 0.5) is 11.6 Å². The molecule has 0 bridgehead atoms. The molecule has 2 heterocycles. The predicted octanol–water partition coefficient (Wildman–Crippen LogP) is 2.08. The Balaban J connectivity index is 1.66. The molecule has 3 N–H and O–H groups in total. The van der Waals surface area contributed by atoms with Gasteiger partial charge in [0.15, 0.2) is 5.78 Å². The van der Waals surface area contributed by atoms with E-state index in [1.54, 1.807) is 54.6 Å². The molecule has 0 aliphatic carbocycles. The average molecular weight is 511 g/mol. The van der Waals surface area contributed by atoms with Crippen molar-refractivity contribution < 1.29 is 18.8 Å². The second-order valence-electron chi connectivity index (χ2n) is 7.57. The summed E-state index contributed by atoms with van der Waals surface area (Å²) < 4.78 is 12.1. The van der Waals surface area contributed by atoms with Crippen molar-refractivity contribution in [3.63, 3.8) is 0 Å². The number of benzene rings is 2. The van der Waals surface area contributed by atoms with Crippen LogP contribution in [0.1, 0.15) is 12.0 Å². The molecule has 12 nitrogen and oxygen atoms in total. The SMILES string of the molecule is NC(=O)CC(=O)Cn1c(=O)nc(Nc2ccc(Oc3ccon3)cc2)n(Cc2ccc(Cl)cc2)c1=O. The topological polar surface area (TPSA) is 164 Å². The average Bonchev–Trinajstić information content (AvgIpc) is 3.34. The van der Waals surface area contributed by atoms with E-state index in [0.29, 0.717) is 26.6 Å². The zero-order valence-electron chi connectivity index (χ0n) is 18.6. The lowest BCUT2D eigenvalue weighted by Crippen LogP contribution is -2.44. The summed E-state index contributed by atoms with van der Waals surface area (Å²) in [7, 11) is 0. The van der Waals surface area contributed by atoms with Crippen LogP contribution in [0, 0.1) is 0 Å². The third-order valence-electron chi connectivity index (χ3n) is 4.86. The summed E-state index contributed by atoms with van der Waals surface area (Å²) in [5.74, 6) is -0.849. The van der Waals surface area contributed by atoms with Gasteiger partial charge >= 0.3 is 11.4 Å². The Hall–Kier alpha value is -4.71. The number of ketones is 1. The van der Waals surface area contributed by atoms with Crippen LogP contribution in [-0.2, 0) is 22.7 Å². The molecule has 36 heavy (non-hydrogen) atoms. The van der Waals surface area contributed by atoms with Crippen molar-refractivity contribution in [2.45, 2.75) is 19.5 Å². The number of rotatable bonds is 10. The summed E-state index contributed by atoms with van der Waals surface area (Å²) in [6, 6.07) is 14.9. The first-order chi connectivity index (χ1) is 17.3. The van der Waals surface area contributed by atoms with Crippen LogP contribution in [0.2, 0.25) is 5.02 Å². The van der Waals surface area contributed by atoms with E-state index >= 15 is 0 Å². The van der Waals surface area contributed by atoms with Crippen molar-refractivity contribution in [1.29, 1.82) is 0 Å². The van der Waals surface area contributed by atoms with Crippen LogP contribution >= 0.6 is 11.6 Å². The standard InChI is InChI=1S/C23H19ClN6O6/c24-15-3-1-14(2-4-15)12-29-21(27-22(33)30(23(29)34)13-17(31)11-19(25)32)26-16-5-7-18(8-6-16)36-20-9-10-35-28-20/h1-10H,11-13H2,(H2,25,32)(H,26,27,33). The minimum absolute atomic E-state index is 0.0168. The third kappa shape index (κ3) is 6.04. The van der Waals surface area contributed by atoms with E-state index in [4.69, 9.17) is 26.6 Å². The zero-order chi connectivity index (χ0) is 25.7. The number of amides is 1. The van der Waals surface area contributed by atoms with Crippen LogP contribution in [0.5, 0.6) is 11.6 Å². The Morgan fingerprint density at radius 2 is 1.75 bits per heavy atom. The quantitative estimate of drug-likeness (QED) is 0.304. The molecular formula is C23H19ClN6O6. The number of aromatic nitrogens is 4. The number of anilines is 2. The zero-order valence-corrected chi connectivity index (χ0v) is 19.3. The molecule has 184 valence electrons. The largest absolute Gasteiger partial charge is 0.436 e. The van der Waals surface area contributed by atoms with Gasteiger partial charge in [-0.05, 0) is 47.1 Å². The number of halogens is 1. The second-order valence-corrected chi connectivity index (χ2v) is 8.01. The fourth-order valence-electron chi connectivity index (χ4n) is 3.21. The number of primary amides is 1. The van der Waals surface area contributed by atoms with Crippen molar-refractivity contribution in [3.05, 3.63) is 92.4 Å². The first-order valence-electron chi connectivity index (χ1n) is 10.5. The van der Waals surface area contributed by atoms with Crippen LogP contribution in [0.25, 0.3) is 0 Å². The van der Waals surface area contributed by atoms with Gasteiger partial charge in [-0.25, -0.2) is 14.2 Å². The number of nitrogens with two attached hydrogens (primary N) is 1. The van der Waals surface area contributed by atoms with E-state index < -0.39 is 36.0 Å². The van der Waals surface area contributed by atoms with Gasteiger partial charge in [-0.15, -0.1) is 0 Å². The number of ether oxygens (including phenoxy) is 1. The van der Waals surface area contributed by atoms with Gasteiger partial charge in [0.2, 0.25) is 11.9 Å². The molecular weight excluding hydrogens is 492 g/mol. The van der Waals surface area contributed by atoms with Gasteiger partial charge < -0.3 is 20.3 Å². The third-order valence-corrected chi connectivity index (χ3v) is 5.11. The van der Waals surface area contributed by atoms with Gasteiger partial charge in [0.25, 0.3) is 5.88 Å². The maximum atomic E-state index is 13.2. The summed E-state index contributed by atoms with van der Waals surface area (Å²) in [6.07, 6.45) is 0.770. The Bertz CT molecular complexity index is 1490. The summed E-state index contributed by atoms with van der Waals surface area (Å²) in [6.45, 7) is -0.619. The molecule has 0 radical (unpaired) electrons. The summed E-state index contributed by atoms with van der Waals surface area (Å²) >= 11 is 5.95. The number of hydrogen-bond acceptors (Lipinski definition) is 9. The van der Waals surface area contributed by atoms with Crippen molar-refractivity contribution in [3.8, 4) is 11.6 Å². The molecule has 2 aromatic carbocycles. The van der Waals surface area contributed by atoms with Crippen LogP contribution in [0.15, 0.2) is 75.0 Å². The van der Waals surface area contributed by atoms with Gasteiger partial charge in [-0.3, -0.25) is 14.2 Å². The molecule has 2 aromatic heterocycles. The minimum Gasteiger partial charge on any atom is -0.436 e.